The summed E-state index contributed by atoms with van der Waals surface area (Å²) in [6, 6.07) is 102. The second-order valence-electron chi connectivity index (χ2n) is 40.2. The molecule has 2 fully saturated rings. The van der Waals surface area contributed by atoms with Gasteiger partial charge >= 0.3 is 11.9 Å². The highest BCUT2D eigenvalue weighted by molar-refractivity contribution is 5.93. The van der Waals surface area contributed by atoms with Gasteiger partial charge in [-0.3, -0.25) is 4.79 Å². The van der Waals surface area contributed by atoms with E-state index in [0.717, 1.165) is 131 Å². The van der Waals surface area contributed by atoms with Crippen LogP contribution in [0.2, 0.25) is 0 Å². The molecule has 0 bridgehead atoms. The summed E-state index contributed by atoms with van der Waals surface area (Å²) >= 11 is 0. The Kier molecular flexibility index (Phi) is 45.8. The van der Waals surface area contributed by atoms with Crippen LogP contribution in [-0.4, -0.2) is 116 Å². The van der Waals surface area contributed by atoms with Gasteiger partial charge in [-0.1, -0.05) is 320 Å². The van der Waals surface area contributed by atoms with E-state index in [1.165, 1.54) is 113 Å². The van der Waals surface area contributed by atoms with E-state index in [2.05, 4.69) is 294 Å². The maximum absolute atomic E-state index is 11.8. The molecule has 2 saturated carbocycles. The van der Waals surface area contributed by atoms with Crippen molar-refractivity contribution in [1.82, 2.24) is 0 Å². The lowest BCUT2D eigenvalue weighted by molar-refractivity contribution is -0.146. The van der Waals surface area contributed by atoms with Gasteiger partial charge in [-0.2, -0.15) is 0 Å². The lowest BCUT2D eigenvalue weighted by atomic mass is 9.83. The van der Waals surface area contributed by atoms with Crippen molar-refractivity contribution in [3.8, 4) is 62.5 Å². The summed E-state index contributed by atoms with van der Waals surface area (Å²) in [5, 5.41) is 4.76. The van der Waals surface area contributed by atoms with Crippen molar-refractivity contribution in [1.29, 1.82) is 0 Å². The predicted molar refractivity (Wildman–Crippen MR) is 602 cm³/mol. The van der Waals surface area contributed by atoms with Crippen molar-refractivity contribution in [2.45, 2.75) is 286 Å². The zero-order chi connectivity index (χ0) is 105. The van der Waals surface area contributed by atoms with Gasteiger partial charge in [0.2, 0.25) is 0 Å². The fourth-order valence-electron chi connectivity index (χ4n) is 20.2. The van der Waals surface area contributed by atoms with Gasteiger partial charge in [-0.15, -0.1) is 0 Å². The lowest BCUT2D eigenvalue weighted by Crippen LogP contribution is -2.24. The Morgan fingerprint density at radius 1 is 0.329 bits per heavy atom. The van der Waals surface area contributed by atoms with Gasteiger partial charge in [0, 0.05) is 35.2 Å². The van der Waals surface area contributed by atoms with Crippen LogP contribution in [0.1, 0.15) is 296 Å². The number of esters is 2. The minimum Gasteiger partial charge on any atom is -0.491 e. The van der Waals surface area contributed by atoms with Crippen LogP contribution in [0.25, 0.3) is 43.8 Å². The molecule has 13 aromatic rings. The number of para-hydroxylation sites is 1. The summed E-state index contributed by atoms with van der Waals surface area (Å²) in [7, 11) is 0. The molecule has 792 valence electrons. The van der Waals surface area contributed by atoms with Crippen molar-refractivity contribution in [3.05, 3.63) is 353 Å². The average Bonchev–Trinajstić information content (AvgIpc) is 1.08. The highest BCUT2D eigenvalue weighted by Crippen LogP contribution is 2.45. The monoisotopic (exact) mass is 2020 g/mol. The molecule has 149 heavy (non-hydrogen) atoms. The predicted octanol–water partition coefficient (Wildman–Crippen LogP) is 32.7. The van der Waals surface area contributed by atoms with Crippen molar-refractivity contribution >= 4 is 33.5 Å². The molecule has 4 aliphatic rings. The van der Waals surface area contributed by atoms with Gasteiger partial charge in [0.05, 0.1) is 51.3 Å². The van der Waals surface area contributed by atoms with Gasteiger partial charge < -0.3 is 71.1 Å². The molecule has 17 rings (SSSR count). The standard InChI is InChI=1S/C36H36O3.C30H38O3.C27H36O3.C22H26O4.C17H26O4/c1-4-26(2)30-18-11-22-34-33(30)21-13-23-35(34)39-27(3)37-24-25-38-36-31(28-14-7-5-8-15-28)19-12-20-32(36)29-16-9-6-10-17-29;1-4-22(2)27-12-8-14-29-28(27)13-9-15-30(29)33-23(3)31-20-21-32-26-18-16-25(17-19-26)24-10-6-5-7-11-24;1-19-17-24-18-26(13-14-27(24)20(19)2)30-21(3)28-15-16-29-25-11-9-23(10-12-25)22-7-5-4-6-8-22;1-15-13-19-14-20(9-10-21(19)16(15)2)26-17(3)24-11-12-25-22(23)18-7-5-4-6-8-18;1-5-13(3)15-8-7-9-16(12-15)21-17(6-2)20-11-10-19-14(4)18/h5-23,26-27H,4,24-25H2,1-3H3;8-9,12-19,22-24H,4-7,10-11,20-21H2,1-3H3;4-8,13-14,18-21,23,25H,9-12,15-17H2,1-3H3;4-10,14-17H,11-13H2,1-3H3;7-9,12-13,17H,5-6,10-11H2,1-4H3. The molecule has 0 saturated heterocycles. The lowest BCUT2D eigenvalue weighted by Gasteiger charge is -2.29. The number of ether oxygens (including phenoxy) is 15. The molecule has 0 aromatic heterocycles. The Bertz CT molecular complexity index is 6080. The number of rotatable bonds is 45. The van der Waals surface area contributed by atoms with E-state index in [1.54, 1.807) is 24.3 Å². The maximum atomic E-state index is 11.8. The molecule has 0 spiro atoms. The van der Waals surface area contributed by atoms with E-state index in [-0.39, 0.29) is 44.0 Å². The van der Waals surface area contributed by atoms with Crippen molar-refractivity contribution in [2.75, 3.05) is 66.1 Å². The highest BCUT2D eigenvalue weighted by Gasteiger charge is 2.30. The third-order valence-corrected chi connectivity index (χ3v) is 29.6. The van der Waals surface area contributed by atoms with E-state index in [9.17, 15) is 9.59 Å². The van der Waals surface area contributed by atoms with Crippen molar-refractivity contribution in [3.63, 3.8) is 0 Å². The Labute approximate surface area is 888 Å². The zero-order valence-electron chi connectivity index (χ0n) is 91.1. The van der Waals surface area contributed by atoms with E-state index in [0.29, 0.717) is 112 Å². The minimum absolute atomic E-state index is 0.195. The first kappa shape index (κ1) is 114. The Balaban J connectivity index is 0.000000158. The summed E-state index contributed by atoms with van der Waals surface area (Å²) < 4.78 is 87.4. The molecule has 12 atom stereocenters. The van der Waals surface area contributed by atoms with Crippen LogP contribution in [0.15, 0.2) is 297 Å². The fourth-order valence-corrected chi connectivity index (χ4v) is 20.2. The highest BCUT2D eigenvalue weighted by atomic mass is 16.7. The maximum Gasteiger partial charge on any atom is 0.338 e. The largest absolute Gasteiger partial charge is 0.491 e. The number of carbonyl (C=O) groups is 2. The molecule has 4 aliphatic carbocycles. The number of hydrogen-bond donors (Lipinski definition) is 0. The second kappa shape index (κ2) is 59.9. The quantitative estimate of drug-likeness (QED) is 0.0200. The third-order valence-electron chi connectivity index (χ3n) is 29.6. The summed E-state index contributed by atoms with van der Waals surface area (Å²) in [5.74, 6) is 10.9. The van der Waals surface area contributed by atoms with Crippen LogP contribution >= 0.6 is 0 Å². The van der Waals surface area contributed by atoms with Crippen molar-refractivity contribution in [2.24, 2.45) is 11.8 Å². The van der Waals surface area contributed by atoms with Crippen LogP contribution in [0.4, 0.5) is 0 Å². The molecular weight excluding hydrogens is 1860 g/mol. The number of carbonyl (C=O) groups excluding carboxylic acids is 2. The van der Waals surface area contributed by atoms with E-state index >= 15 is 0 Å². The van der Waals surface area contributed by atoms with E-state index in [4.69, 9.17) is 71.1 Å². The Hall–Kier alpha value is -12.3. The molecular formula is C132H162O17. The third kappa shape index (κ3) is 34.6. The normalized spacial score (nSPS) is 17.7. The Morgan fingerprint density at radius 2 is 0.752 bits per heavy atom. The average molecular weight is 2020 g/mol. The second-order valence-corrected chi connectivity index (χ2v) is 40.2. The Morgan fingerprint density at radius 3 is 1.26 bits per heavy atom. The zero-order valence-corrected chi connectivity index (χ0v) is 91.1. The first-order valence-electron chi connectivity index (χ1n) is 54.9. The van der Waals surface area contributed by atoms with Crippen LogP contribution in [0.5, 0.6) is 40.2 Å². The van der Waals surface area contributed by atoms with Crippen LogP contribution in [0.3, 0.4) is 0 Å². The van der Waals surface area contributed by atoms with E-state index in [1.807, 2.05) is 83.1 Å². The topological polar surface area (TPSA) is 173 Å². The van der Waals surface area contributed by atoms with Gasteiger partial charge in [-0.25, -0.2) is 4.79 Å². The molecule has 0 N–H and O–H groups in total. The van der Waals surface area contributed by atoms with Gasteiger partial charge in [-0.05, 0) is 296 Å². The van der Waals surface area contributed by atoms with Crippen molar-refractivity contribution < 1.29 is 80.6 Å². The van der Waals surface area contributed by atoms with Gasteiger partial charge in [0.25, 0.3) is 0 Å². The summed E-state index contributed by atoms with van der Waals surface area (Å²) in [5.41, 5.74) is 17.5. The van der Waals surface area contributed by atoms with Crippen LogP contribution in [0, 0.1) is 11.8 Å². The molecule has 17 nitrogen and oxygen atoms in total. The molecule has 0 aliphatic heterocycles. The van der Waals surface area contributed by atoms with E-state index < -0.39 is 12.6 Å². The van der Waals surface area contributed by atoms with Gasteiger partial charge in [0.15, 0.2) is 31.5 Å². The van der Waals surface area contributed by atoms with Gasteiger partial charge in [0.1, 0.15) is 66.7 Å². The first-order chi connectivity index (χ1) is 72.5. The minimum atomic E-state index is -0.413. The first-order valence-corrected chi connectivity index (χ1v) is 54.9. The van der Waals surface area contributed by atoms with Crippen LogP contribution in [-0.2, 0) is 55.5 Å². The summed E-state index contributed by atoms with van der Waals surface area (Å²) in [6.45, 7) is 37.7. The fraction of sp³-hybridized carbons (Fsp3) is 0.424. The molecule has 0 amide bonds. The summed E-state index contributed by atoms with van der Waals surface area (Å²) in [4.78, 5) is 22.5. The molecule has 17 heteroatoms. The molecule has 12 unspecified atom stereocenters. The smallest absolute Gasteiger partial charge is 0.338 e. The number of fused-ring (bicyclic) bond motifs is 4. The molecule has 0 radical (unpaired) electrons. The molecule has 13 aromatic carbocycles. The SMILES string of the molecule is CC(OCCOC(=O)c1ccccc1)Oc1ccc2c(c1)CC(C)C2C.CC(OCCOC1CCC(c2ccccc2)CC1)Oc1ccc2c(c1)CC(C)C2C.CCC(C)c1cccc2c(OC(C)OCCOc3c(-c4ccccc4)cccc3-c3ccccc3)cccc12.CCC(C)c1cccc2c(OC(C)OCCOc3ccc(C4CCCCC4)cc3)cccc12.CCC(OCCOC(C)=O)Oc1cccc(C(C)CC)c1. The number of hydrogen-bond acceptors (Lipinski definition) is 17. The number of benzene rings is 13. The molecule has 0 heterocycles. The van der Waals surface area contributed by atoms with Crippen LogP contribution < -0.4 is 33.2 Å². The summed E-state index contributed by atoms with van der Waals surface area (Å²) in [6.07, 6.45) is 16.3.